The molecule has 6 nitrogen and oxygen atoms in total. The lowest BCUT2D eigenvalue weighted by molar-refractivity contribution is -0.116. The second kappa shape index (κ2) is 9.02. The molecule has 0 unspecified atom stereocenters. The molecule has 0 radical (unpaired) electrons. The first-order chi connectivity index (χ1) is 13.8. The van der Waals surface area contributed by atoms with Gasteiger partial charge in [0.25, 0.3) is 0 Å². The molecular formula is C21H25N3O3S2. The molecule has 3 aromatic rings. The van der Waals surface area contributed by atoms with Gasteiger partial charge in [0.1, 0.15) is 5.75 Å². The predicted molar refractivity (Wildman–Crippen MR) is 118 cm³/mol. The Morgan fingerprint density at radius 1 is 1.07 bits per heavy atom. The molecule has 0 saturated carbocycles. The second-order valence-electron chi connectivity index (χ2n) is 7.24. The number of carbonyl (C=O) groups excluding carboxylic acids is 1. The summed E-state index contributed by atoms with van der Waals surface area (Å²) in [5.41, 5.74) is 1.93. The molecule has 1 aromatic heterocycles. The SMILES string of the molecule is Cc1ccc2nc(N(CCCN(C)C)C(=O)CS(=O)(=O)c3ccccc3)sc2c1. The number of anilines is 1. The average molecular weight is 432 g/mol. The van der Waals surface area contributed by atoms with Gasteiger partial charge in [-0.15, -0.1) is 0 Å². The summed E-state index contributed by atoms with van der Waals surface area (Å²) in [6, 6.07) is 14.0. The summed E-state index contributed by atoms with van der Waals surface area (Å²) in [6.45, 7) is 3.21. The third-order valence-corrected chi connectivity index (χ3v) is 7.13. The number of nitrogens with zero attached hydrogens (tertiary/aromatic N) is 3. The molecule has 29 heavy (non-hydrogen) atoms. The van der Waals surface area contributed by atoms with Gasteiger partial charge in [-0.1, -0.05) is 35.6 Å². The van der Waals surface area contributed by atoms with Crippen LogP contribution in [0.1, 0.15) is 12.0 Å². The Bertz CT molecular complexity index is 1090. The normalized spacial score (nSPS) is 11.9. The van der Waals surface area contributed by atoms with Crippen LogP contribution in [0, 0.1) is 6.92 Å². The van der Waals surface area contributed by atoms with Gasteiger partial charge in [0.05, 0.1) is 15.1 Å². The molecule has 154 valence electrons. The van der Waals surface area contributed by atoms with Gasteiger partial charge >= 0.3 is 0 Å². The molecule has 2 aromatic carbocycles. The molecule has 0 saturated heterocycles. The van der Waals surface area contributed by atoms with Crippen molar-refractivity contribution in [2.24, 2.45) is 0 Å². The highest BCUT2D eigenvalue weighted by Crippen LogP contribution is 2.30. The Hall–Kier alpha value is -2.29. The molecule has 0 aliphatic rings. The van der Waals surface area contributed by atoms with Crippen LogP contribution < -0.4 is 4.90 Å². The van der Waals surface area contributed by atoms with E-state index in [0.717, 1.165) is 28.7 Å². The lowest BCUT2D eigenvalue weighted by atomic mass is 10.2. The summed E-state index contributed by atoms with van der Waals surface area (Å²) in [7, 11) is 0.214. The molecule has 0 N–H and O–H groups in total. The Labute approximate surface area is 175 Å². The number of benzene rings is 2. The van der Waals surface area contributed by atoms with Gasteiger partial charge in [-0.05, 0) is 63.8 Å². The maximum atomic E-state index is 13.1. The number of amides is 1. The van der Waals surface area contributed by atoms with Crippen molar-refractivity contribution in [3.05, 3.63) is 54.1 Å². The highest BCUT2D eigenvalue weighted by Gasteiger charge is 2.26. The molecule has 1 amide bonds. The smallest absolute Gasteiger partial charge is 0.244 e. The van der Waals surface area contributed by atoms with Gasteiger partial charge < -0.3 is 4.90 Å². The van der Waals surface area contributed by atoms with Crippen molar-refractivity contribution >= 4 is 42.4 Å². The van der Waals surface area contributed by atoms with Crippen molar-refractivity contribution in [3.8, 4) is 0 Å². The second-order valence-corrected chi connectivity index (χ2v) is 10.2. The number of fused-ring (bicyclic) bond motifs is 1. The summed E-state index contributed by atoms with van der Waals surface area (Å²) in [5, 5.41) is 0.539. The van der Waals surface area contributed by atoms with Crippen LogP contribution in [0.5, 0.6) is 0 Å². The van der Waals surface area contributed by atoms with Crippen molar-refractivity contribution in [1.82, 2.24) is 9.88 Å². The number of hydrogen-bond donors (Lipinski definition) is 0. The van der Waals surface area contributed by atoms with E-state index in [1.54, 1.807) is 18.2 Å². The molecule has 0 fully saturated rings. The maximum absolute atomic E-state index is 13.1. The molecule has 0 atom stereocenters. The van der Waals surface area contributed by atoms with E-state index in [0.29, 0.717) is 11.7 Å². The van der Waals surface area contributed by atoms with E-state index < -0.39 is 21.5 Å². The van der Waals surface area contributed by atoms with E-state index in [2.05, 4.69) is 4.98 Å². The minimum Gasteiger partial charge on any atom is -0.309 e. The molecule has 0 aliphatic heterocycles. The molecule has 0 spiro atoms. The number of sulfone groups is 1. The van der Waals surface area contributed by atoms with Gasteiger partial charge in [-0.2, -0.15) is 0 Å². The van der Waals surface area contributed by atoms with Crippen LogP contribution in [0.15, 0.2) is 53.4 Å². The van der Waals surface area contributed by atoms with Gasteiger partial charge in [0, 0.05) is 6.54 Å². The molecule has 0 bridgehead atoms. The number of aromatic nitrogens is 1. The largest absolute Gasteiger partial charge is 0.309 e. The summed E-state index contributed by atoms with van der Waals surface area (Å²) in [4.78, 5) is 21.3. The Morgan fingerprint density at radius 2 is 1.79 bits per heavy atom. The summed E-state index contributed by atoms with van der Waals surface area (Å²) in [6.07, 6.45) is 0.721. The van der Waals surface area contributed by atoms with E-state index >= 15 is 0 Å². The van der Waals surface area contributed by atoms with E-state index in [-0.39, 0.29) is 4.90 Å². The molecule has 0 aliphatic carbocycles. The summed E-state index contributed by atoms with van der Waals surface area (Å²) in [5.74, 6) is -1.03. The maximum Gasteiger partial charge on any atom is 0.244 e. The number of rotatable bonds is 8. The van der Waals surface area contributed by atoms with Crippen molar-refractivity contribution in [3.63, 3.8) is 0 Å². The number of thiazole rings is 1. The predicted octanol–water partition coefficient (Wildman–Crippen LogP) is 3.36. The quantitative estimate of drug-likeness (QED) is 0.547. The average Bonchev–Trinajstić information content (AvgIpc) is 3.07. The van der Waals surface area contributed by atoms with Crippen molar-refractivity contribution in [1.29, 1.82) is 0 Å². The van der Waals surface area contributed by atoms with Crippen LogP contribution >= 0.6 is 11.3 Å². The minimum absolute atomic E-state index is 0.154. The van der Waals surface area contributed by atoms with E-state index in [1.165, 1.54) is 28.4 Å². The molecule has 1 heterocycles. The van der Waals surface area contributed by atoms with Crippen LogP contribution in [0.25, 0.3) is 10.2 Å². The topological polar surface area (TPSA) is 70.6 Å². The fraction of sp³-hybridized carbons (Fsp3) is 0.333. The van der Waals surface area contributed by atoms with Gasteiger partial charge in [0.2, 0.25) is 5.91 Å². The lowest BCUT2D eigenvalue weighted by Gasteiger charge is -2.21. The Kier molecular flexibility index (Phi) is 6.66. The number of carbonyl (C=O) groups is 1. The standard InChI is InChI=1S/C21H25N3O3S2/c1-16-10-11-18-19(14-16)28-21(22-18)24(13-7-12-23(2)3)20(25)15-29(26,27)17-8-5-4-6-9-17/h4-6,8-11,14H,7,12-13,15H2,1-3H3. The van der Waals surface area contributed by atoms with Gasteiger partial charge in [-0.25, -0.2) is 13.4 Å². The Morgan fingerprint density at radius 3 is 2.48 bits per heavy atom. The van der Waals surface area contributed by atoms with Crippen molar-refractivity contribution in [2.75, 3.05) is 37.8 Å². The summed E-state index contributed by atoms with van der Waals surface area (Å²) < 4.78 is 26.4. The zero-order valence-corrected chi connectivity index (χ0v) is 18.5. The zero-order valence-electron chi connectivity index (χ0n) is 16.8. The fourth-order valence-corrected chi connectivity index (χ4v) is 5.29. The van der Waals surface area contributed by atoms with Crippen LogP contribution in [-0.4, -0.2) is 57.1 Å². The van der Waals surface area contributed by atoms with Crippen molar-refractivity contribution < 1.29 is 13.2 Å². The lowest BCUT2D eigenvalue weighted by Crippen LogP contribution is -2.37. The fourth-order valence-electron chi connectivity index (χ4n) is 2.96. The van der Waals surface area contributed by atoms with E-state index in [1.807, 2.05) is 44.1 Å². The first-order valence-corrected chi connectivity index (χ1v) is 11.8. The monoisotopic (exact) mass is 431 g/mol. The molecule has 8 heteroatoms. The van der Waals surface area contributed by atoms with E-state index in [9.17, 15) is 13.2 Å². The van der Waals surface area contributed by atoms with Gasteiger partial charge in [-0.3, -0.25) is 9.69 Å². The Balaban J connectivity index is 1.88. The molecule has 3 rings (SSSR count). The van der Waals surface area contributed by atoms with Crippen LogP contribution in [-0.2, 0) is 14.6 Å². The minimum atomic E-state index is -3.72. The number of hydrogen-bond acceptors (Lipinski definition) is 6. The van der Waals surface area contributed by atoms with Gasteiger partial charge in [0.15, 0.2) is 15.0 Å². The first kappa shape index (κ1) is 21.4. The van der Waals surface area contributed by atoms with Crippen molar-refractivity contribution in [2.45, 2.75) is 18.2 Å². The highest BCUT2D eigenvalue weighted by molar-refractivity contribution is 7.92. The van der Waals surface area contributed by atoms with Crippen LogP contribution in [0.4, 0.5) is 5.13 Å². The molecular weight excluding hydrogens is 406 g/mol. The first-order valence-electron chi connectivity index (χ1n) is 9.36. The highest BCUT2D eigenvalue weighted by atomic mass is 32.2. The third kappa shape index (κ3) is 5.41. The van der Waals surface area contributed by atoms with Crippen LogP contribution in [0.2, 0.25) is 0 Å². The van der Waals surface area contributed by atoms with Crippen LogP contribution in [0.3, 0.4) is 0 Å². The summed E-state index contributed by atoms with van der Waals surface area (Å²) >= 11 is 1.41. The zero-order chi connectivity index (χ0) is 21.0. The number of aryl methyl sites for hydroxylation is 1. The third-order valence-electron chi connectivity index (χ3n) is 4.47. The van der Waals surface area contributed by atoms with E-state index in [4.69, 9.17) is 0 Å².